The van der Waals surface area contributed by atoms with Crippen LogP contribution in [-0.4, -0.2) is 19.1 Å². The summed E-state index contributed by atoms with van der Waals surface area (Å²) in [6.07, 6.45) is 4.65. The Morgan fingerprint density at radius 3 is 2.00 bits per heavy atom. The van der Waals surface area contributed by atoms with Gasteiger partial charge in [0.1, 0.15) is 6.67 Å². The van der Waals surface area contributed by atoms with Gasteiger partial charge in [0.05, 0.1) is 0 Å². The lowest BCUT2D eigenvalue weighted by Gasteiger charge is -1.88. The van der Waals surface area contributed by atoms with E-state index in [4.69, 9.17) is 0 Å². The third-order valence-electron chi connectivity index (χ3n) is 0.632. The predicted octanol–water partition coefficient (Wildman–Crippen LogP) is 0.489. The third-order valence-corrected chi connectivity index (χ3v) is 0.632. The second-order valence-electron chi connectivity index (χ2n) is 1.11. The molecule has 0 aromatic carbocycles. The Kier molecular flexibility index (Phi) is 0.998. The normalized spacial score (nSPS) is 18.7. The van der Waals surface area contributed by atoms with E-state index in [-0.39, 0.29) is 0 Å². The van der Waals surface area contributed by atoms with Gasteiger partial charge >= 0.3 is 0 Å². The molecule has 0 N–H and O–H groups in total. The molecule has 1 heterocycles. The van der Waals surface area contributed by atoms with E-state index in [0.29, 0.717) is 6.67 Å². The molecule has 0 saturated carbocycles. The molecule has 0 fully saturated rings. The molecule has 0 atom stereocenters. The Balaban J connectivity index is 2.40. The molecule has 2 nitrogen and oxygen atoms in total. The van der Waals surface area contributed by atoms with Crippen LogP contribution < -0.4 is 0 Å². The Morgan fingerprint density at radius 1 is 1.17 bits per heavy atom. The van der Waals surface area contributed by atoms with Gasteiger partial charge in [-0.1, -0.05) is 0 Å². The summed E-state index contributed by atoms with van der Waals surface area (Å²) in [5, 5.41) is 0. The topological polar surface area (TPSA) is 24.7 Å². The molecule has 1 rings (SSSR count). The van der Waals surface area contributed by atoms with Gasteiger partial charge in [-0.3, -0.25) is 9.98 Å². The molecule has 2 heteroatoms. The molecule has 0 radical (unpaired) electrons. The summed E-state index contributed by atoms with van der Waals surface area (Å²) >= 11 is 0. The summed E-state index contributed by atoms with van der Waals surface area (Å²) in [6, 6.07) is 0. The van der Waals surface area contributed by atoms with E-state index in [1.165, 1.54) is 0 Å². The predicted molar refractivity (Wildman–Crippen MR) is 26.5 cm³/mol. The molecule has 0 unspecified atom stereocenters. The molecule has 32 valence electrons. The quantitative estimate of drug-likeness (QED) is 0.406. The van der Waals surface area contributed by atoms with E-state index in [1.54, 1.807) is 0 Å². The highest BCUT2D eigenvalue weighted by molar-refractivity contribution is 5.80. The average Bonchev–Trinajstić information content (AvgIpc) is 1.72. The highest BCUT2D eigenvalue weighted by Crippen LogP contribution is 1.79. The van der Waals surface area contributed by atoms with Crippen molar-refractivity contribution >= 4 is 12.4 Å². The van der Waals surface area contributed by atoms with E-state index in [0.717, 1.165) is 6.42 Å². The molecule has 0 amide bonds. The van der Waals surface area contributed by atoms with E-state index < -0.39 is 0 Å². The monoisotopic (exact) mass is 82.1 g/mol. The van der Waals surface area contributed by atoms with Gasteiger partial charge in [0, 0.05) is 18.9 Å². The molecular weight excluding hydrogens is 76.1 g/mol. The number of aliphatic imine (C=N–C) groups is 2. The van der Waals surface area contributed by atoms with Gasteiger partial charge in [-0.05, 0) is 0 Å². The lowest BCUT2D eigenvalue weighted by atomic mass is 10.5. The van der Waals surface area contributed by atoms with Gasteiger partial charge in [0.15, 0.2) is 0 Å². The average molecular weight is 82.1 g/mol. The van der Waals surface area contributed by atoms with Crippen LogP contribution in [0.1, 0.15) is 6.42 Å². The zero-order valence-electron chi connectivity index (χ0n) is 3.46. The summed E-state index contributed by atoms with van der Waals surface area (Å²) in [5.74, 6) is 0. The molecule has 0 saturated heterocycles. The number of hydrogen-bond acceptors (Lipinski definition) is 2. The summed E-state index contributed by atoms with van der Waals surface area (Å²) < 4.78 is 0. The fourth-order valence-corrected chi connectivity index (χ4v) is 0.359. The summed E-state index contributed by atoms with van der Waals surface area (Å²) in [7, 11) is 0. The molecular formula is C4H6N2. The van der Waals surface area contributed by atoms with Gasteiger partial charge in [0.2, 0.25) is 0 Å². The second kappa shape index (κ2) is 1.70. The van der Waals surface area contributed by atoms with Crippen LogP contribution in [0, 0.1) is 0 Å². The van der Waals surface area contributed by atoms with E-state index in [1.807, 2.05) is 12.4 Å². The molecule has 0 aromatic rings. The van der Waals surface area contributed by atoms with Gasteiger partial charge in [0.25, 0.3) is 0 Å². The van der Waals surface area contributed by atoms with Crippen molar-refractivity contribution in [2.75, 3.05) is 6.67 Å². The van der Waals surface area contributed by atoms with Crippen molar-refractivity contribution in [1.82, 2.24) is 0 Å². The second-order valence-corrected chi connectivity index (χ2v) is 1.11. The van der Waals surface area contributed by atoms with E-state index in [9.17, 15) is 0 Å². The zero-order chi connectivity index (χ0) is 4.24. The minimum Gasteiger partial charge on any atom is -0.274 e. The zero-order valence-corrected chi connectivity index (χ0v) is 3.46. The van der Waals surface area contributed by atoms with Gasteiger partial charge in [-0.15, -0.1) is 0 Å². The van der Waals surface area contributed by atoms with E-state index >= 15 is 0 Å². The molecule has 0 spiro atoms. The van der Waals surface area contributed by atoms with Crippen LogP contribution in [0.2, 0.25) is 0 Å². The van der Waals surface area contributed by atoms with E-state index in [2.05, 4.69) is 9.98 Å². The molecule has 0 bridgehead atoms. The smallest absolute Gasteiger partial charge is 0.128 e. The molecule has 1 aliphatic heterocycles. The van der Waals surface area contributed by atoms with Gasteiger partial charge in [-0.2, -0.15) is 0 Å². The van der Waals surface area contributed by atoms with Crippen molar-refractivity contribution < 1.29 is 0 Å². The number of nitrogens with zero attached hydrogens (tertiary/aromatic N) is 2. The van der Waals surface area contributed by atoms with Crippen molar-refractivity contribution in [2.45, 2.75) is 6.42 Å². The first-order valence-electron chi connectivity index (χ1n) is 1.97. The Hall–Kier alpha value is -0.660. The largest absolute Gasteiger partial charge is 0.274 e. The van der Waals surface area contributed by atoms with Crippen molar-refractivity contribution in [3.8, 4) is 0 Å². The Morgan fingerprint density at radius 2 is 1.83 bits per heavy atom. The van der Waals surface area contributed by atoms with Crippen LogP contribution in [0.15, 0.2) is 9.98 Å². The van der Waals surface area contributed by atoms with Crippen LogP contribution in [0.3, 0.4) is 0 Å². The fraction of sp³-hybridized carbons (Fsp3) is 0.500. The first kappa shape index (κ1) is 3.53. The molecule has 0 aliphatic carbocycles. The summed E-state index contributed by atoms with van der Waals surface area (Å²) in [5.41, 5.74) is 0. The van der Waals surface area contributed by atoms with Crippen LogP contribution >= 0.6 is 0 Å². The molecule has 1 aliphatic rings. The maximum absolute atomic E-state index is 3.85. The highest BCUT2D eigenvalue weighted by Gasteiger charge is 1.77. The number of rotatable bonds is 0. The first-order chi connectivity index (χ1) is 3.00. The standard InChI is InChI=1S/C4H6N2/c1-2-5-4-6-3-1/h2-3H,1,4H2. The highest BCUT2D eigenvalue weighted by atomic mass is 14.9. The minimum absolute atomic E-state index is 0.639. The summed E-state index contributed by atoms with van der Waals surface area (Å²) in [6.45, 7) is 0.639. The fourth-order valence-electron chi connectivity index (χ4n) is 0.359. The van der Waals surface area contributed by atoms with Gasteiger partial charge in [-0.25, -0.2) is 0 Å². The van der Waals surface area contributed by atoms with Crippen molar-refractivity contribution in [3.63, 3.8) is 0 Å². The third kappa shape index (κ3) is 0.641. The molecule has 6 heavy (non-hydrogen) atoms. The number of hydrogen-bond donors (Lipinski definition) is 0. The maximum Gasteiger partial charge on any atom is 0.128 e. The van der Waals surface area contributed by atoms with Crippen molar-refractivity contribution in [3.05, 3.63) is 0 Å². The SMILES string of the molecule is C1=NCN=CC1. The maximum atomic E-state index is 3.85. The van der Waals surface area contributed by atoms with Crippen LogP contribution in [0.4, 0.5) is 0 Å². The lowest BCUT2D eigenvalue weighted by molar-refractivity contribution is 1.06. The van der Waals surface area contributed by atoms with Crippen molar-refractivity contribution in [1.29, 1.82) is 0 Å². The van der Waals surface area contributed by atoms with Crippen molar-refractivity contribution in [2.24, 2.45) is 9.98 Å². The summed E-state index contributed by atoms with van der Waals surface area (Å²) in [4.78, 5) is 7.71. The molecule has 0 aromatic heterocycles. The van der Waals surface area contributed by atoms with Crippen LogP contribution in [0.25, 0.3) is 0 Å². The Bertz CT molecular complexity index is 63.5. The van der Waals surface area contributed by atoms with Gasteiger partial charge < -0.3 is 0 Å². The minimum atomic E-state index is 0.639. The lowest BCUT2D eigenvalue weighted by Crippen LogP contribution is -1.86. The first-order valence-corrected chi connectivity index (χ1v) is 1.97. The Labute approximate surface area is 36.6 Å². The van der Waals surface area contributed by atoms with Crippen LogP contribution in [0.5, 0.6) is 0 Å². The van der Waals surface area contributed by atoms with Crippen LogP contribution in [-0.2, 0) is 0 Å².